The fourth-order valence-electron chi connectivity index (χ4n) is 1.84. The molecule has 0 radical (unpaired) electrons. The fourth-order valence-corrected chi connectivity index (χ4v) is 1.84. The second-order valence-corrected chi connectivity index (χ2v) is 3.83. The molecule has 1 heterocycles. The van der Waals surface area contributed by atoms with E-state index in [0.717, 1.165) is 22.5 Å². The van der Waals surface area contributed by atoms with Crippen molar-refractivity contribution in [2.45, 2.75) is 0 Å². The molecule has 0 amide bonds. The van der Waals surface area contributed by atoms with Gasteiger partial charge in [0, 0.05) is 11.5 Å². The van der Waals surface area contributed by atoms with Gasteiger partial charge < -0.3 is 0 Å². The number of fused-ring (bicyclic) bond motifs is 1. The predicted octanol–water partition coefficient (Wildman–Crippen LogP) is 3.51. The highest BCUT2D eigenvalue weighted by Gasteiger charge is 2.04. The van der Waals surface area contributed by atoms with Crippen molar-refractivity contribution in [3.63, 3.8) is 0 Å². The molecule has 1 N–H and O–H groups in total. The van der Waals surface area contributed by atoms with Gasteiger partial charge in [-0.3, -0.25) is 5.10 Å². The fraction of sp³-hybridized carbons (Fsp3) is 0. The van der Waals surface area contributed by atoms with Gasteiger partial charge in [0.15, 0.2) is 0 Å². The van der Waals surface area contributed by atoms with Gasteiger partial charge >= 0.3 is 0 Å². The summed E-state index contributed by atoms with van der Waals surface area (Å²) in [6.07, 6.45) is 1.68. The van der Waals surface area contributed by atoms with Crippen LogP contribution in [0, 0.1) is 11.6 Å². The molecular weight excluding hydrogens is 222 g/mol. The summed E-state index contributed by atoms with van der Waals surface area (Å²) in [5, 5.41) is 7.63. The van der Waals surface area contributed by atoms with Crippen LogP contribution >= 0.6 is 0 Å². The number of H-pyrrole nitrogens is 1. The van der Waals surface area contributed by atoms with E-state index in [-0.39, 0.29) is 0 Å². The maximum atomic E-state index is 13.1. The highest BCUT2D eigenvalue weighted by Crippen LogP contribution is 2.24. The molecule has 0 saturated heterocycles. The molecular formula is C13H8F2N2. The molecule has 0 fully saturated rings. The average Bonchev–Trinajstić information content (AvgIpc) is 2.74. The molecule has 2 aromatic carbocycles. The Morgan fingerprint density at radius 1 is 0.882 bits per heavy atom. The Kier molecular flexibility index (Phi) is 2.14. The number of hydrogen-bond acceptors (Lipinski definition) is 1. The minimum atomic E-state index is -0.577. The van der Waals surface area contributed by atoms with E-state index in [9.17, 15) is 8.78 Å². The summed E-state index contributed by atoms with van der Waals surface area (Å²) in [5.74, 6) is -1.15. The Morgan fingerprint density at radius 3 is 2.41 bits per heavy atom. The molecule has 0 aliphatic heterocycles. The summed E-state index contributed by atoms with van der Waals surface area (Å²) in [6, 6.07) is 8.96. The quantitative estimate of drug-likeness (QED) is 0.680. The van der Waals surface area contributed by atoms with Gasteiger partial charge in [0.25, 0.3) is 0 Å². The standard InChI is InChI=1S/C13H8F2N2/c14-11-4-9(5-12(15)6-11)8-1-2-13-10(3-8)7-16-17-13/h1-7H,(H,16,17). The molecule has 0 spiro atoms. The van der Waals surface area contributed by atoms with E-state index in [0.29, 0.717) is 5.56 Å². The van der Waals surface area contributed by atoms with E-state index in [4.69, 9.17) is 0 Å². The zero-order chi connectivity index (χ0) is 11.8. The van der Waals surface area contributed by atoms with E-state index in [2.05, 4.69) is 10.2 Å². The largest absolute Gasteiger partial charge is 0.278 e. The Balaban J connectivity index is 2.19. The number of hydrogen-bond donors (Lipinski definition) is 1. The van der Waals surface area contributed by atoms with Crippen LogP contribution in [0.2, 0.25) is 0 Å². The van der Waals surface area contributed by atoms with E-state index in [1.807, 2.05) is 12.1 Å². The van der Waals surface area contributed by atoms with Gasteiger partial charge in [-0.25, -0.2) is 8.78 Å². The van der Waals surface area contributed by atoms with E-state index in [1.54, 1.807) is 12.3 Å². The molecule has 0 saturated carbocycles. The van der Waals surface area contributed by atoms with Crippen LogP contribution in [0.15, 0.2) is 42.6 Å². The molecule has 84 valence electrons. The molecule has 3 aromatic rings. The highest BCUT2D eigenvalue weighted by molar-refractivity contribution is 5.83. The first kappa shape index (κ1) is 9.96. The van der Waals surface area contributed by atoms with Gasteiger partial charge in [-0.05, 0) is 35.4 Å². The zero-order valence-corrected chi connectivity index (χ0v) is 8.74. The number of benzene rings is 2. The minimum absolute atomic E-state index is 0.519. The number of halogens is 2. The average molecular weight is 230 g/mol. The summed E-state index contributed by atoms with van der Waals surface area (Å²) in [5.41, 5.74) is 2.17. The minimum Gasteiger partial charge on any atom is -0.278 e. The van der Waals surface area contributed by atoms with Crippen LogP contribution in [0.3, 0.4) is 0 Å². The van der Waals surface area contributed by atoms with Crippen molar-refractivity contribution in [1.29, 1.82) is 0 Å². The maximum absolute atomic E-state index is 13.1. The van der Waals surface area contributed by atoms with Crippen molar-refractivity contribution in [3.8, 4) is 11.1 Å². The molecule has 0 unspecified atom stereocenters. The van der Waals surface area contributed by atoms with Gasteiger partial charge in [0.2, 0.25) is 0 Å². The smallest absolute Gasteiger partial charge is 0.126 e. The lowest BCUT2D eigenvalue weighted by molar-refractivity contribution is 0.584. The second-order valence-electron chi connectivity index (χ2n) is 3.83. The number of aromatic amines is 1. The van der Waals surface area contributed by atoms with Crippen LogP contribution in [-0.4, -0.2) is 10.2 Å². The molecule has 4 heteroatoms. The Labute approximate surface area is 95.9 Å². The van der Waals surface area contributed by atoms with Crippen molar-refractivity contribution in [3.05, 3.63) is 54.2 Å². The number of nitrogens with one attached hydrogen (secondary N) is 1. The monoisotopic (exact) mass is 230 g/mol. The van der Waals surface area contributed by atoms with Crippen LogP contribution in [0.5, 0.6) is 0 Å². The molecule has 0 aliphatic rings. The summed E-state index contributed by atoms with van der Waals surface area (Å²) in [7, 11) is 0. The number of aromatic nitrogens is 2. The van der Waals surface area contributed by atoms with E-state index >= 15 is 0 Å². The summed E-state index contributed by atoms with van der Waals surface area (Å²) < 4.78 is 26.2. The Bertz CT molecular complexity index is 668. The third-order valence-corrected chi connectivity index (χ3v) is 2.64. The molecule has 17 heavy (non-hydrogen) atoms. The van der Waals surface area contributed by atoms with Gasteiger partial charge in [0.05, 0.1) is 11.7 Å². The predicted molar refractivity (Wildman–Crippen MR) is 61.4 cm³/mol. The Hall–Kier alpha value is -2.23. The first-order valence-electron chi connectivity index (χ1n) is 5.12. The van der Waals surface area contributed by atoms with Crippen LogP contribution in [0.25, 0.3) is 22.0 Å². The van der Waals surface area contributed by atoms with Gasteiger partial charge in [-0.15, -0.1) is 0 Å². The third kappa shape index (κ3) is 1.78. The normalized spacial score (nSPS) is 10.9. The first-order chi connectivity index (χ1) is 8.22. The third-order valence-electron chi connectivity index (χ3n) is 2.64. The van der Waals surface area contributed by atoms with E-state index in [1.165, 1.54) is 12.1 Å². The summed E-state index contributed by atoms with van der Waals surface area (Å²) in [4.78, 5) is 0. The van der Waals surface area contributed by atoms with Crippen molar-refractivity contribution >= 4 is 10.9 Å². The van der Waals surface area contributed by atoms with Crippen molar-refractivity contribution < 1.29 is 8.78 Å². The SMILES string of the molecule is Fc1cc(F)cc(-c2ccc3[nH]ncc3c2)c1. The lowest BCUT2D eigenvalue weighted by Crippen LogP contribution is -1.84. The molecule has 3 rings (SSSR count). The van der Waals surface area contributed by atoms with Crippen molar-refractivity contribution in [1.82, 2.24) is 10.2 Å². The van der Waals surface area contributed by atoms with Gasteiger partial charge in [-0.1, -0.05) is 6.07 Å². The summed E-state index contributed by atoms with van der Waals surface area (Å²) >= 11 is 0. The van der Waals surface area contributed by atoms with Gasteiger partial charge in [0.1, 0.15) is 11.6 Å². The molecule has 1 aromatic heterocycles. The lowest BCUT2D eigenvalue weighted by atomic mass is 10.0. The first-order valence-corrected chi connectivity index (χ1v) is 5.12. The molecule has 0 aliphatic carbocycles. The number of rotatable bonds is 1. The van der Waals surface area contributed by atoms with Crippen LogP contribution in [-0.2, 0) is 0 Å². The number of nitrogens with zero attached hydrogens (tertiary/aromatic N) is 1. The highest BCUT2D eigenvalue weighted by atomic mass is 19.1. The maximum Gasteiger partial charge on any atom is 0.126 e. The Morgan fingerprint density at radius 2 is 1.65 bits per heavy atom. The van der Waals surface area contributed by atoms with Crippen LogP contribution in [0.4, 0.5) is 8.78 Å². The molecule has 0 atom stereocenters. The van der Waals surface area contributed by atoms with Crippen LogP contribution < -0.4 is 0 Å². The second kappa shape index (κ2) is 3.66. The molecule has 2 nitrogen and oxygen atoms in total. The van der Waals surface area contributed by atoms with Crippen molar-refractivity contribution in [2.75, 3.05) is 0 Å². The van der Waals surface area contributed by atoms with Gasteiger partial charge in [-0.2, -0.15) is 5.10 Å². The van der Waals surface area contributed by atoms with Crippen molar-refractivity contribution in [2.24, 2.45) is 0 Å². The van der Waals surface area contributed by atoms with Crippen LogP contribution in [0.1, 0.15) is 0 Å². The lowest BCUT2D eigenvalue weighted by Gasteiger charge is -2.02. The summed E-state index contributed by atoms with van der Waals surface area (Å²) in [6.45, 7) is 0. The topological polar surface area (TPSA) is 28.7 Å². The zero-order valence-electron chi connectivity index (χ0n) is 8.74. The van der Waals surface area contributed by atoms with E-state index < -0.39 is 11.6 Å². The molecule has 0 bridgehead atoms.